The molecule has 5 nitrogen and oxygen atoms in total. The molecule has 0 aliphatic carbocycles. The van der Waals surface area contributed by atoms with Crippen molar-refractivity contribution >= 4 is 23.7 Å². The van der Waals surface area contributed by atoms with Crippen LogP contribution in [0.3, 0.4) is 0 Å². The molecule has 0 amide bonds. The van der Waals surface area contributed by atoms with Crippen molar-refractivity contribution in [1.82, 2.24) is 4.98 Å². The van der Waals surface area contributed by atoms with E-state index in [0.29, 0.717) is 18.7 Å². The third kappa shape index (κ3) is 3.39. The van der Waals surface area contributed by atoms with E-state index in [1.54, 1.807) is 6.92 Å². The molecule has 0 spiro atoms. The molecule has 2 rings (SSSR count). The second-order valence-electron chi connectivity index (χ2n) is 3.82. The van der Waals surface area contributed by atoms with Crippen molar-refractivity contribution in [3.63, 3.8) is 0 Å². The SMILES string of the molecule is CCOC(=O)c1coc(NC2CCCSC2)n1. The molecule has 1 unspecified atom stereocenters. The van der Waals surface area contributed by atoms with Crippen molar-refractivity contribution in [3.8, 4) is 0 Å². The normalized spacial score (nSPS) is 19.9. The minimum atomic E-state index is -0.442. The average molecular weight is 256 g/mol. The molecule has 1 N–H and O–H groups in total. The van der Waals surface area contributed by atoms with Crippen LogP contribution in [0, 0.1) is 0 Å². The Hall–Kier alpha value is -1.17. The highest BCUT2D eigenvalue weighted by Crippen LogP contribution is 2.20. The van der Waals surface area contributed by atoms with Crippen LogP contribution in [0.25, 0.3) is 0 Å². The zero-order chi connectivity index (χ0) is 12.1. The number of esters is 1. The van der Waals surface area contributed by atoms with Gasteiger partial charge in [0.1, 0.15) is 6.26 Å². The van der Waals surface area contributed by atoms with Crippen molar-refractivity contribution < 1.29 is 13.9 Å². The summed E-state index contributed by atoms with van der Waals surface area (Å²) in [6.07, 6.45) is 3.65. The number of rotatable bonds is 4. The Bertz CT molecular complexity index is 375. The fourth-order valence-electron chi connectivity index (χ4n) is 1.67. The number of hydrogen-bond donors (Lipinski definition) is 1. The van der Waals surface area contributed by atoms with E-state index in [4.69, 9.17) is 9.15 Å². The number of thioether (sulfide) groups is 1. The Morgan fingerprint density at radius 1 is 1.76 bits per heavy atom. The molecule has 0 bridgehead atoms. The summed E-state index contributed by atoms with van der Waals surface area (Å²) in [7, 11) is 0. The summed E-state index contributed by atoms with van der Waals surface area (Å²) in [4.78, 5) is 15.4. The Morgan fingerprint density at radius 3 is 3.35 bits per heavy atom. The summed E-state index contributed by atoms with van der Waals surface area (Å²) in [5.41, 5.74) is 0.220. The molecule has 94 valence electrons. The third-order valence-electron chi connectivity index (χ3n) is 2.48. The van der Waals surface area contributed by atoms with Gasteiger partial charge in [0.15, 0.2) is 5.69 Å². The topological polar surface area (TPSA) is 64.4 Å². The van der Waals surface area contributed by atoms with Gasteiger partial charge in [-0.2, -0.15) is 16.7 Å². The number of oxazole rings is 1. The maximum atomic E-state index is 11.4. The first-order valence-electron chi connectivity index (χ1n) is 5.76. The van der Waals surface area contributed by atoms with Crippen LogP contribution >= 0.6 is 11.8 Å². The fraction of sp³-hybridized carbons (Fsp3) is 0.636. The first kappa shape index (κ1) is 12.3. The van der Waals surface area contributed by atoms with Crippen LogP contribution in [-0.2, 0) is 4.74 Å². The Labute approximate surface area is 104 Å². The van der Waals surface area contributed by atoms with Crippen LogP contribution in [0.5, 0.6) is 0 Å². The zero-order valence-electron chi connectivity index (χ0n) is 9.77. The summed E-state index contributed by atoms with van der Waals surface area (Å²) < 4.78 is 10.0. The number of aromatic nitrogens is 1. The summed E-state index contributed by atoms with van der Waals surface area (Å²) >= 11 is 1.92. The summed E-state index contributed by atoms with van der Waals surface area (Å²) in [6, 6.07) is 0.781. The minimum absolute atomic E-state index is 0.220. The number of carbonyl (C=O) groups excluding carboxylic acids is 1. The summed E-state index contributed by atoms with van der Waals surface area (Å²) in [6.45, 7) is 2.10. The van der Waals surface area contributed by atoms with Crippen molar-refractivity contribution in [2.75, 3.05) is 23.4 Å². The Morgan fingerprint density at radius 2 is 2.65 bits per heavy atom. The van der Waals surface area contributed by atoms with Gasteiger partial charge in [-0.05, 0) is 25.5 Å². The van der Waals surface area contributed by atoms with Crippen LogP contribution in [0.1, 0.15) is 30.3 Å². The summed E-state index contributed by atoms with van der Waals surface area (Å²) in [5.74, 6) is 1.83. The van der Waals surface area contributed by atoms with Gasteiger partial charge in [0.05, 0.1) is 6.61 Å². The molecule has 1 aliphatic rings. The lowest BCUT2D eigenvalue weighted by atomic mass is 10.2. The highest BCUT2D eigenvalue weighted by molar-refractivity contribution is 7.99. The number of carbonyl (C=O) groups is 1. The quantitative estimate of drug-likeness (QED) is 0.833. The molecule has 0 radical (unpaired) electrons. The second-order valence-corrected chi connectivity index (χ2v) is 4.97. The van der Waals surface area contributed by atoms with Gasteiger partial charge in [-0.25, -0.2) is 4.79 Å². The maximum Gasteiger partial charge on any atom is 0.360 e. The predicted octanol–water partition coefficient (Wildman–Crippen LogP) is 2.16. The first-order chi connectivity index (χ1) is 8.29. The molecule has 1 atom stereocenters. The summed E-state index contributed by atoms with van der Waals surface area (Å²) in [5, 5.41) is 3.19. The smallest absolute Gasteiger partial charge is 0.360 e. The monoisotopic (exact) mass is 256 g/mol. The van der Waals surface area contributed by atoms with E-state index in [0.717, 1.165) is 12.2 Å². The molecule has 1 aliphatic heterocycles. The standard InChI is InChI=1S/C11H16N2O3S/c1-2-15-10(14)9-6-16-11(13-9)12-8-4-3-5-17-7-8/h6,8H,2-5,7H2,1H3,(H,12,13). The van der Waals surface area contributed by atoms with Gasteiger partial charge < -0.3 is 14.5 Å². The lowest BCUT2D eigenvalue weighted by Crippen LogP contribution is -2.25. The van der Waals surface area contributed by atoms with E-state index in [9.17, 15) is 4.79 Å². The van der Waals surface area contributed by atoms with Gasteiger partial charge in [-0.15, -0.1) is 0 Å². The van der Waals surface area contributed by atoms with E-state index in [1.807, 2.05) is 11.8 Å². The van der Waals surface area contributed by atoms with E-state index in [1.165, 1.54) is 18.4 Å². The van der Waals surface area contributed by atoms with E-state index < -0.39 is 5.97 Å². The van der Waals surface area contributed by atoms with Gasteiger partial charge >= 0.3 is 5.97 Å². The van der Waals surface area contributed by atoms with Crippen LogP contribution < -0.4 is 5.32 Å². The van der Waals surface area contributed by atoms with Crippen LogP contribution in [0.2, 0.25) is 0 Å². The molecule has 17 heavy (non-hydrogen) atoms. The minimum Gasteiger partial charge on any atom is -0.461 e. The lowest BCUT2D eigenvalue weighted by Gasteiger charge is -2.21. The van der Waals surface area contributed by atoms with Crippen LogP contribution in [-0.4, -0.2) is 35.1 Å². The van der Waals surface area contributed by atoms with Crippen LogP contribution in [0.4, 0.5) is 6.01 Å². The van der Waals surface area contributed by atoms with Crippen molar-refractivity contribution in [2.45, 2.75) is 25.8 Å². The molecule has 1 saturated heterocycles. The molecule has 1 fully saturated rings. The molecule has 0 saturated carbocycles. The number of anilines is 1. The van der Waals surface area contributed by atoms with E-state index >= 15 is 0 Å². The lowest BCUT2D eigenvalue weighted by molar-refractivity contribution is 0.0519. The van der Waals surface area contributed by atoms with E-state index in [2.05, 4.69) is 10.3 Å². The highest BCUT2D eigenvalue weighted by atomic mass is 32.2. The van der Waals surface area contributed by atoms with E-state index in [-0.39, 0.29) is 5.69 Å². The number of nitrogens with zero attached hydrogens (tertiary/aromatic N) is 1. The molecule has 1 aromatic rings. The Kier molecular flexibility index (Phi) is 4.30. The molecule has 1 aromatic heterocycles. The molecule has 0 aromatic carbocycles. The number of nitrogens with one attached hydrogen (secondary N) is 1. The largest absolute Gasteiger partial charge is 0.461 e. The zero-order valence-corrected chi connectivity index (χ0v) is 10.6. The van der Waals surface area contributed by atoms with Gasteiger partial charge in [0, 0.05) is 11.8 Å². The number of ether oxygens (including phenoxy) is 1. The molecular formula is C11H16N2O3S. The molecule has 2 heterocycles. The van der Waals surface area contributed by atoms with Crippen molar-refractivity contribution in [1.29, 1.82) is 0 Å². The maximum absolute atomic E-state index is 11.4. The first-order valence-corrected chi connectivity index (χ1v) is 6.92. The van der Waals surface area contributed by atoms with Crippen molar-refractivity contribution in [2.24, 2.45) is 0 Å². The Balaban J connectivity index is 1.91. The van der Waals surface area contributed by atoms with Gasteiger partial charge in [0.2, 0.25) is 0 Å². The van der Waals surface area contributed by atoms with Gasteiger partial charge in [0.25, 0.3) is 6.01 Å². The van der Waals surface area contributed by atoms with Crippen LogP contribution in [0.15, 0.2) is 10.7 Å². The molecular weight excluding hydrogens is 240 g/mol. The predicted molar refractivity (Wildman–Crippen MR) is 66.4 cm³/mol. The average Bonchev–Trinajstić information content (AvgIpc) is 2.79. The third-order valence-corrected chi connectivity index (χ3v) is 3.69. The van der Waals surface area contributed by atoms with Crippen molar-refractivity contribution in [3.05, 3.63) is 12.0 Å². The van der Waals surface area contributed by atoms with Gasteiger partial charge in [-0.1, -0.05) is 0 Å². The number of hydrogen-bond acceptors (Lipinski definition) is 6. The fourth-order valence-corrected chi connectivity index (χ4v) is 2.74. The highest BCUT2D eigenvalue weighted by Gasteiger charge is 2.18. The molecule has 6 heteroatoms. The van der Waals surface area contributed by atoms with Gasteiger partial charge in [-0.3, -0.25) is 0 Å². The second kappa shape index (κ2) is 5.95.